The Morgan fingerprint density at radius 1 is 1.09 bits per heavy atom. The van der Waals surface area contributed by atoms with Crippen LogP contribution >= 0.6 is 0 Å². The van der Waals surface area contributed by atoms with Gasteiger partial charge in [-0.15, -0.1) is 0 Å². The third-order valence-electron chi connectivity index (χ3n) is 5.49. The van der Waals surface area contributed by atoms with Crippen LogP contribution < -0.4 is 27.4 Å². The molecule has 14 nitrogen and oxygen atoms in total. The van der Waals surface area contributed by atoms with Gasteiger partial charge in [0, 0.05) is 6.54 Å². The first kappa shape index (κ1) is 29.2. The summed E-state index contributed by atoms with van der Waals surface area (Å²) in [5, 5.41) is 34.7. The molecule has 0 unspecified atom stereocenters. The molecule has 5 atom stereocenters. The standard InChI is InChI=1S/C20H36N6O8/c1-11(28)16(22)19(32)24-12(5-2-3-7-21)17(30)23-9-15(29)26-8-4-6-14(26)18(31)25-13(10-27)20(33)34/h11-14,16,27-28H,2-10,21-22H2,1H3,(H,23,30)(H,24,32)(H,25,31)(H,33,34)/t11-,12+,13+,14+,16+/m1/s1. The van der Waals surface area contributed by atoms with Gasteiger partial charge in [0.25, 0.3) is 0 Å². The number of nitrogens with two attached hydrogens (primary N) is 2. The third kappa shape index (κ3) is 8.85. The summed E-state index contributed by atoms with van der Waals surface area (Å²) in [6.45, 7) is 0.730. The predicted octanol–water partition coefficient (Wildman–Crippen LogP) is -4.02. The molecular formula is C20H36N6O8. The van der Waals surface area contributed by atoms with Crippen LogP contribution in [0.3, 0.4) is 0 Å². The minimum Gasteiger partial charge on any atom is -0.480 e. The smallest absolute Gasteiger partial charge is 0.328 e. The van der Waals surface area contributed by atoms with Crippen molar-refractivity contribution in [3.05, 3.63) is 0 Å². The number of likely N-dealkylation sites (tertiary alicyclic amines) is 1. The first-order chi connectivity index (χ1) is 16.0. The van der Waals surface area contributed by atoms with Crippen molar-refractivity contribution in [2.75, 3.05) is 26.2 Å². The number of carboxylic acids is 1. The Balaban J connectivity index is 2.73. The molecule has 10 N–H and O–H groups in total. The summed E-state index contributed by atoms with van der Waals surface area (Å²) >= 11 is 0. The largest absolute Gasteiger partial charge is 0.480 e. The summed E-state index contributed by atoms with van der Waals surface area (Å²) < 4.78 is 0. The molecule has 194 valence electrons. The molecule has 1 saturated heterocycles. The molecule has 1 fully saturated rings. The summed E-state index contributed by atoms with van der Waals surface area (Å²) in [6, 6.07) is -4.66. The minimum atomic E-state index is -1.49. The topological polar surface area (TPSA) is 237 Å². The van der Waals surface area contributed by atoms with E-state index in [4.69, 9.17) is 21.7 Å². The number of aliphatic hydroxyl groups is 2. The minimum absolute atomic E-state index is 0.238. The molecule has 4 amide bonds. The molecule has 1 heterocycles. The fourth-order valence-corrected chi connectivity index (χ4v) is 3.43. The number of hydrogen-bond donors (Lipinski definition) is 8. The van der Waals surface area contributed by atoms with Gasteiger partial charge < -0.3 is 47.6 Å². The van der Waals surface area contributed by atoms with Crippen molar-refractivity contribution in [1.29, 1.82) is 0 Å². The normalized spacial score (nSPS) is 19.0. The lowest BCUT2D eigenvalue weighted by atomic mass is 10.1. The highest BCUT2D eigenvalue weighted by atomic mass is 16.4. The lowest BCUT2D eigenvalue weighted by Gasteiger charge is -2.26. The van der Waals surface area contributed by atoms with Crippen molar-refractivity contribution in [1.82, 2.24) is 20.9 Å². The molecule has 0 aromatic rings. The van der Waals surface area contributed by atoms with Crippen LogP contribution in [0.25, 0.3) is 0 Å². The van der Waals surface area contributed by atoms with Crippen LogP contribution in [0.2, 0.25) is 0 Å². The van der Waals surface area contributed by atoms with E-state index >= 15 is 0 Å². The number of rotatable bonds is 14. The molecule has 0 bridgehead atoms. The summed E-state index contributed by atoms with van der Waals surface area (Å²) in [4.78, 5) is 62.2. The van der Waals surface area contributed by atoms with Crippen LogP contribution in [0, 0.1) is 0 Å². The van der Waals surface area contributed by atoms with E-state index in [1.807, 2.05) is 0 Å². The summed E-state index contributed by atoms with van der Waals surface area (Å²) in [5.74, 6) is -4.03. The maximum atomic E-state index is 12.7. The average molecular weight is 489 g/mol. The van der Waals surface area contributed by atoms with Gasteiger partial charge in [0.15, 0.2) is 0 Å². The zero-order valence-electron chi connectivity index (χ0n) is 19.2. The van der Waals surface area contributed by atoms with Crippen molar-refractivity contribution in [2.45, 2.75) is 69.3 Å². The van der Waals surface area contributed by atoms with Gasteiger partial charge in [-0.25, -0.2) is 4.79 Å². The van der Waals surface area contributed by atoms with E-state index in [1.165, 1.54) is 11.8 Å². The number of aliphatic carboxylic acids is 1. The Morgan fingerprint density at radius 2 is 1.76 bits per heavy atom. The Bertz CT molecular complexity index is 734. The Hall–Kier alpha value is -2.81. The van der Waals surface area contributed by atoms with Crippen molar-refractivity contribution in [3.63, 3.8) is 0 Å². The lowest BCUT2D eigenvalue weighted by Crippen LogP contribution is -2.56. The molecule has 34 heavy (non-hydrogen) atoms. The van der Waals surface area contributed by atoms with Gasteiger partial charge in [-0.2, -0.15) is 0 Å². The molecule has 1 aliphatic rings. The van der Waals surface area contributed by atoms with Gasteiger partial charge in [0.05, 0.1) is 19.3 Å². The maximum Gasteiger partial charge on any atom is 0.328 e. The van der Waals surface area contributed by atoms with Gasteiger partial charge in [-0.3, -0.25) is 19.2 Å². The summed E-state index contributed by atoms with van der Waals surface area (Å²) in [5.41, 5.74) is 11.1. The zero-order valence-corrected chi connectivity index (χ0v) is 19.2. The number of carboxylic acid groups (broad SMARTS) is 1. The Morgan fingerprint density at radius 3 is 2.32 bits per heavy atom. The number of amides is 4. The van der Waals surface area contributed by atoms with E-state index < -0.39 is 73.0 Å². The van der Waals surface area contributed by atoms with E-state index in [0.29, 0.717) is 32.2 Å². The quantitative estimate of drug-likeness (QED) is 0.110. The van der Waals surface area contributed by atoms with Crippen molar-refractivity contribution in [2.24, 2.45) is 11.5 Å². The van der Waals surface area contributed by atoms with Crippen LogP contribution in [-0.4, -0.2) is 106 Å². The SMILES string of the molecule is C[C@@H](O)[C@H](N)C(=O)N[C@@H](CCCCN)C(=O)NCC(=O)N1CCC[C@H]1C(=O)N[C@@H](CO)C(=O)O. The predicted molar refractivity (Wildman–Crippen MR) is 119 cm³/mol. The highest BCUT2D eigenvalue weighted by Gasteiger charge is 2.36. The molecule has 0 spiro atoms. The fourth-order valence-electron chi connectivity index (χ4n) is 3.43. The van der Waals surface area contributed by atoms with E-state index in [9.17, 15) is 29.1 Å². The second-order valence-corrected chi connectivity index (χ2v) is 8.16. The second kappa shape index (κ2) is 14.5. The molecule has 1 rings (SSSR count). The molecule has 0 aromatic heterocycles. The number of nitrogens with zero attached hydrogens (tertiary/aromatic N) is 1. The molecule has 0 aromatic carbocycles. The van der Waals surface area contributed by atoms with Gasteiger partial charge in [0.1, 0.15) is 24.2 Å². The maximum absolute atomic E-state index is 12.7. The molecule has 0 aliphatic carbocycles. The highest BCUT2D eigenvalue weighted by molar-refractivity contribution is 5.94. The monoisotopic (exact) mass is 488 g/mol. The number of carbonyl (C=O) groups is 5. The number of nitrogens with one attached hydrogen (secondary N) is 3. The Kier molecular flexibility index (Phi) is 12.4. The lowest BCUT2D eigenvalue weighted by molar-refractivity contribution is -0.145. The number of aliphatic hydroxyl groups excluding tert-OH is 2. The van der Waals surface area contributed by atoms with E-state index in [2.05, 4.69) is 16.0 Å². The molecule has 0 radical (unpaired) electrons. The van der Waals surface area contributed by atoms with Crippen molar-refractivity contribution in [3.8, 4) is 0 Å². The number of unbranched alkanes of at least 4 members (excludes halogenated alkanes) is 1. The average Bonchev–Trinajstić information content (AvgIpc) is 3.29. The van der Waals surface area contributed by atoms with Crippen LogP contribution in [-0.2, 0) is 24.0 Å². The fraction of sp³-hybridized carbons (Fsp3) is 0.750. The Labute approximate surface area is 197 Å². The molecule has 0 saturated carbocycles. The summed E-state index contributed by atoms with van der Waals surface area (Å²) in [6.07, 6.45) is 1.05. The van der Waals surface area contributed by atoms with Gasteiger partial charge in [0.2, 0.25) is 23.6 Å². The van der Waals surface area contributed by atoms with E-state index in [-0.39, 0.29) is 13.0 Å². The number of carbonyl (C=O) groups excluding carboxylic acids is 4. The van der Waals surface area contributed by atoms with Crippen LogP contribution in [0.5, 0.6) is 0 Å². The number of hydrogen-bond acceptors (Lipinski definition) is 9. The van der Waals surface area contributed by atoms with Crippen LogP contribution in [0.1, 0.15) is 39.0 Å². The van der Waals surface area contributed by atoms with E-state index in [1.54, 1.807) is 0 Å². The van der Waals surface area contributed by atoms with Crippen molar-refractivity contribution >= 4 is 29.6 Å². The molecule has 1 aliphatic heterocycles. The van der Waals surface area contributed by atoms with Crippen molar-refractivity contribution < 1.29 is 39.3 Å². The third-order valence-corrected chi connectivity index (χ3v) is 5.49. The first-order valence-corrected chi connectivity index (χ1v) is 11.2. The molecular weight excluding hydrogens is 452 g/mol. The van der Waals surface area contributed by atoms with E-state index in [0.717, 1.165) is 0 Å². The second-order valence-electron chi connectivity index (χ2n) is 8.16. The van der Waals surface area contributed by atoms with Crippen LogP contribution in [0.4, 0.5) is 0 Å². The van der Waals surface area contributed by atoms with Gasteiger partial charge in [-0.05, 0) is 45.6 Å². The summed E-state index contributed by atoms with van der Waals surface area (Å²) in [7, 11) is 0. The molecule has 14 heteroatoms. The zero-order chi connectivity index (χ0) is 25.8. The van der Waals surface area contributed by atoms with Gasteiger partial charge >= 0.3 is 5.97 Å². The van der Waals surface area contributed by atoms with Gasteiger partial charge in [-0.1, -0.05) is 0 Å². The highest BCUT2D eigenvalue weighted by Crippen LogP contribution is 2.17. The van der Waals surface area contributed by atoms with Crippen LogP contribution in [0.15, 0.2) is 0 Å². The first-order valence-electron chi connectivity index (χ1n) is 11.2.